The van der Waals surface area contributed by atoms with Crippen LogP contribution in [0.25, 0.3) is 5.57 Å². The van der Waals surface area contributed by atoms with Crippen molar-refractivity contribution in [1.29, 1.82) is 0 Å². The number of sulfone groups is 1. The van der Waals surface area contributed by atoms with Crippen molar-refractivity contribution >= 4 is 37.8 Å². The zero-order valence-electron chi connectivity index (χ0n) is 18.7. The number of allylic oxidation sites excluding steroid dienone is 1. The van der Waals surface area contributed by atoms with Crippen molar-refractivity contribution in [3.05, 3.63) is 47.0 Å². The van der Waals surface area contributed by atoms with Gasteiger partial charge in [-0.1, -0.05) is 37.5 Å². The molecule has 33 heavy (non-hydrogen) atoms. The van der Waals surface area contributed by atoms with Crippen molar-refractivity contribution in [2.45, 2.75) is 67.6 Å². The number of nitrogens with zero attached hydrogens (tertiary/aromatic N) is 1. The Balaban J connectivity index is 1.58. The smallest absolute Gasteiger partial charge is 0.257 e. The Morgan fingerprint density at radius 3 is 2.42 bits per heavy atom. The van der Waals surface area contributed by atoms with Gasteiger partial charge in [0.1, 0.15) is 5.60 Å². The molecule has 1 atom stereocenters. The zero-order chi connectivity index (χ0) is 23.6. The summed E-state index contributed by atoms with van der Waals surface area (Å²) in [5.41, 5.74) is -0.0487. The van der Waals surface area contributed by atoms with Crippen LogP contribution in [0.2, 0.25) is 0 Å². The number of carbonyl (C=O) groups excluding carboxylic acids is 1. The van der Waals surface area contributed by atoms with Gasteiger partial charge >= 0.3 is 0 Å². The van der Waals surface area contributed by atoms with Gasteiger partial charge in [-0.2, -0.15) is 0 Å². The van der Waals surface area contributed by atoms with Crippen molar-refractivity contribution in [2.75, 3.05) is 11.9 Å². The average molecular weight is 491 g/mol. The van der Waals surface area contributed by atoms with E-state index in [9.17, 15) is 23.4 Å². The number of hydrogen-bond donors (Lipinski definition) is 3. The van der Waals surface area contributed by atoms with E-state index in [-0.39, 0.29) is 16.9 Å². The fourth-order valence-corrected chi connectivity index (χ4v) is 6.87. The molecule has 1 amide bonds. The van der Waals surface area contributed by atoms with Crippen molar-refractivity contribution in [2.24, 2.45) is 5.92 Å². The Morgan fingerprint density at radius 2 is 1.85 bits per heavy atom. The molecule has 2 aromatic rings. The van der Waals surface area contributed by atoms with Gasteiger partial charge in [-0.25, -0.2) is 13.4 Å². The average Bonchev–Trinajstić information content (AvgIpc) is 3.43. The second kappa shape index (κ2) is 9.66. The maximum atomic E-state index is 13.2. The lowest BCUT2D eigenvalue weighted by atomic mass is 9.98. The second-order valence-corrected chi connectivity index (χ2v) is 12.3. The molecule has 3 N–H and O–H groups in total. The highest BCUT2D eigenvalue weighted by molar-refractivity contribution is 7.92. The number of amides is 1. The van der Waals surface area contributed by atoms with Crippen LogP contribution in [-0.4, -0.2) is 41.4 Å². The minimum absolute atomic E-state index is 0.289. The topological polar surface area (TPSA) is 117 Å². The molecule has 1 unspecified atom stereocenters. The van der Waals surface area contributed by atoms with Crippen molar-refractivity contribution in [3.63, 3.8) is 0 Å². The number of nitrogens with one attached hydrogen (secondary N) is 1. The molecule has 7 nitrogen and oxygen atoms in total. The van der Waals surface area contributed by atoms with Crippen LogP contribution in [0.3, 0.4) is 0 Å². The van der Waals surface area contributed by atoms with Gasteiger partial charge in [-0.15, -0.1) is 11.3 Å². The van der Waals surface area contributed by atoms with Gasteiger partial charge in [0.25, 0.3) is 5.91 Å². The van der Waals surface area contributed by atoms with Crippen LogP contribution in [0.1, 0.15) is 63.1 Å². The molecule has 1 aromatic heterocycles. The van der Waals surface area contributed by atoms with Crippen LogP contribution in [0.15, 0.2) is 40.6 Å². The Hall–Kier alpha value is -2.07. The molecule has 0 spiro atoms. The molecule has 4 rings (SSSR count). The first kappa shape index (κ1) is 24.1. The maximum Gasteiger partial charge on any atom is 0.257 e. The van der Waals surface area contributed by atoms with Gasteiger partial charge < -0.3 is 10.2 Å². The summed E-state index contributed by atoms with van der Waals surface area (Å²) in [6.45, 7) is 0.978. The third kappa shape index (κ3) is 5.21. The molecule has 9 heteroatoms. The fraction of sp³-hybridized carbons (Fsp3) is 0.500. The van der Waals surface area contributed by atoms with E-state index in [1.807, 2.05) is 6.08 Å². The Morgan fingerprint density at radius 1 is 1.18 bits per heavy atom. The SMILES string of the molecule is CC(O)(CO)c1csc(NC(=O)/C(=C/C2CCCC2)c2ccc(S(=O)(=O)C3CCC3)cc2)n1. The molecule has 2 aliphatic rings. The van der Waals surface area contributed by atoms with E-state index in [1.54, 1.807) is 29.6 Å². The number of aromatic nitrogens is 1. The molecule has 0 saturated heterocycles. The summed E-state index contributed by atoms with van der Waals surface area (Å²) < 4.78 is 25.4. The third-order valence-electron chi connectivity index (χ3n) is 6.62. The predicted octanol–water partition coefficient (Wildman–Crippen LogP) is 3.88. The van der Waals surface area contributed by atoms with Gasteiger partial charge in [-0.05, 0) is 56.2 Å². The minimum Gasteiger partial charge on any atom is -0.393 e. The lowest BCUT2D eigenvalue weighted by Crippen LogP contribution is -2.28. The van der Waals surface area contributed by atoms with Crippen LogP contribution in [-0.2, 0) is 20.2 Å². The molecule has 0 radical (unpaired) electrons. The monoisotopic (exact) mass is 490 g/mol. The van der Waals surface area contributed by atoms with Crippen molar-refractivity contribution < 1.29 is 23.4 Å². The van der Waals surface area contributed by atoms with Crippen LogP contribution >= 0.6 is 11.3 Å². The number of hydrogen-bond acceptors (Lipinski definition) is 7. The Bertz CT molecular complexity index is 1130. The molecule has 2 fully saturated rings. The van der Waals surface area contributed by atoms with E-state index < -0.39 is 22.0 Å². The first-order valence-electron chi connectivity index (χ1n) is 11.4. The molecule has 0 aliphatic heterocycles. The summed E-state index contributed by atoms with van der Waals surface area (Å²) in [5, 5.41) is 24.0. The van der Waals surface area contributed by atoms with E-state index >= 15 is 0 Å². The molecule has 2 saturated carbocycles. The van der Waals surface area contributed by atoms with E-state index in [0.29, 0.717) is 39.9 Å². The summed E-state index contributed by atoms with van der Waals surface area (Å²) in [4.78, 5) is 17.8. The number of aliphatic hydroxyl groups is 2. The highest BCUT2D eigenvalue weighted by Gasteiger charge is 2.32. The maximum absolute atomic E-state index is 13.2. The molecule has 1 aromatic carbocycles. The summed E-state index contributed by atoms with van der Waals surface area (Å²) in [5.74, 6) is -0.0350. The van der Waals surface area contributed by atoms with Crippen molar-refractivity contribution in [1.82, 2.24) is 4.98 Å². The number of rotatable bonds is 8. The van der Waals surface area contributed by atoms with Crippen LogP contribution in [0.4, 0.5) is 5.13 Å². The summed E-state index contributed by atoms with van der Waals surface area (Å²) in [6, 6.07) is 6.60. The van der Waals surface area contributed by atoms with Gasteiger partial charge in [0, 0.05) is 11.0 Å². The third-order valence-corrected chi connectivity index (χ3v) is 9.65. The molecule has 178 valence electrons. The van der Waals surface area contributed by atoms with Gasteiger partial charge in [0.15, 0.2) is 15.0 Å². The molecular weight excluding hydrogens is 460 g/mol. The molecule has 1 heterocycles. The van der Waals surface area contributed by atoms with E-state index in [1.165, 1.54) is 18.3 Å². The molecular formula is C24H30N2O5S2. The summed E-state index contributed by atoms with van der Waals surface area (Å²) in [6.07, 6.45) is 8.63. The second-order valence-electron chi connectivity index (χ2n) is 9.17. The zero-order valence-corrected chi connectivity index (χ0v) is 20.3. The lowest BCUT2D eigenvalue weighted by molar-refractivity contribution is -0.111. The quantitative estimate of drug-likeness (QED) is 0.484. The van der Waals surface area contributed by atoms with Crippen molar-refractivity contribution in [3.8, 4) is 0 Å². The highest BCUT2D eigenvalue weighted by Crippen LogP contribution is 2.33. The predicted molar refractivity (Wildman–Crippen MR) is 129 cm³/mol. The fourth-order valence-electron chi connectivity index (χ4n) is 4.18. The van der Waals surface area contributed by atoms with E-state index in [2.05, 4.69) is 10.3 Å². The number of carbonyl (C=O) groups is 1. The van der Waals surface area contributed by atoms with E-state index in [4.69, 9.17) is 0 Å². The number of benzene rings is 1. The lowest BCUT2D eigenvalue weighted by Gasteiger charge is -2.25. The van der Waals surface area contributed by atoms with Gasteiger partial charge in [0.05, 0.1) is 22.4 Å². The summed E-state index contributed by atoms with van der Waals surface area (Å²) >= 11 is 1.17. The molecule has 0 bridgehead atoms. The van der Waals surface area contributed by atoms with E-state index in [0.717, 1.165) is 32.1 Å². The normalized spacial score (nSPS) is 19.8. The number of anilines is 1. The first-order chi connectivity index (χ1) is 15.7. The van der Waals surface area contributed by atoms with Crippen LogP contribution < -0.4 is 5.32 Å². The Kier molecular flexibility index (Phi) is 7.04. The minimum atomic E-state index is -3.32. The largest absolute Gasteiger partial charge is 0.393 e. The van der Waals surface area contributed by atoms with Crippen LogP contribution in [0.5, 0.6) is 0 Å². The highest BCUT2D eigenvalue weighted by atomic mass is 32.2. The number of thiazole rings is 1. The first-order valence-corrected chi connectivity index (χ1v) is 13.8. The van der Waals surface area contributed by atoms with Crippen LogP contribution in [0, 0.1) is 5.92 Å². The molecule has 2 aliphatic carbocycles. The Labute approximate surface area is 198 Å². The van der Waals surface area contributed by atoms with Gasteiger partial charge in [0.2, 0.25) is 0 Å². The van der Waals surface area contributed by atoms with Gasteiger partial charge in [-0.3, -0.25) is 10.1 Å². The number of aliphatic hydroxyl groups excluding tert-OH is 1. The standard InChI is InChI=1S/C24H30N2O5S2/c1-24(29,15-27)21-14-32-23(25-21)26-22(28)20(13-16-5-2-3-6-16)17-9-11-19(12-10-17)33(30,31)18-7-4-8-18/h9-14,16,18,27,29H,2-8,15H2,1H3,(H,25,26,28)/b20-13+. The summed E-state index contributed by atoms with van der Waals surface area (Å²) in [7, 11) is -3.32.